The van der Waals surface area contributed by atoms with Crippen LogP contribution < -0.4 is 5.32 Å². The molecule has 1 N–H and O–H groups in total. The van der Waals surface area contributed by atoms with Gasteiger partial charge in [-0.2, -0.15) is 0 Å². The predicted octanol–water partition coefficient (Wildman–Crippen LogP) is 2.69. The number of benzene rings is 1. The van der Waals surface area contributed by atoms with Crippen LogP contribution in [0.25, 0.3) is 0 Å². The molecule has 0 aliphatic heterocycles. The molecule has 0 radical (unpaired) electrons. The second-order valence-corrected chi connectivity index (χ2v) is 4.68. The van der Waals surface area contributed by atoms with Gasteiger partial charge in [0.2, 0.25) is 0 Å². The second kappa shape index (κ2) is 2.83. The Morgan fingerprint density at radius 2 is 2.14 bits per heavy atom. The molecule has 0 heterocycles. The standard InChI is InChI=1S/C13H17N/c1-8-3-4-9-5-6-10-7-11(14-2)12(8)13(9)10/h3-4,10-11,14H,5-7H2,1-2H3. The van der Waals surface area contributed by atoms with Crippen LogP contribution in [0.5, 0.6) is 0 Å². The van der Waals surface area contributed by atoms with Crippen LogP contribution in [0.4, 0.5) is 0 Å². The molecule has 0 fully saturated rings. The van der Waals surface area contributed by atoms with E-state index in [9.17, 15) is 0 Å². The van der Waals surface area contributed by atoms with Crippen LogP contribution in [-0.4, -0.2) is 7.05 Å². The van der Waals surface area contributed by atoms with Crippen LogP contribution in [0.1, 0.15) is 47.1 Å². The lowest BCUT2D eigenvalue weighted by molar-refractivity contribution is 0.524. The number of hydrogen-bond donors (Lipinski definition) is 1. The van der Waals surface area contributed by atoms with Crippen molar-refractivity contribution in [1.29, 1.82) is 0 Å². The van der Waals surface area contributed by atoms with Crippen molar-refractivity contribution in [2.24, 2.45) is 0 Å². The van der Waals surface area contributed by atoms with E-state index in [-0.39, 0.29) is 0 Å². The molecule has 2 atom stereocenters. The molecule has 0 aromatic heterocycles. The van der Waals surface area contributed by atoms with E-state index in [4.69, 9.17) is 0 Å². The lowest BCUT2D eigenvalue weighted by Crippen LogP contribution is -2.14. The second-order valence-electron chi connectivity index (χ2n) is 4.68. The van der Waals surface area contributed by atoms with Crippen molar-refractivity contribution in [3.8, 4) is 0 Å². The number of rotatable bonds is 1. The summed E-state index contributed by atoms with van der Waals surface area (Å²) >= 11 is 0. The minimum atomic E-state index is 0.621. The van der Waals surface area contributed by atoms with E-state index in [0.29, 0.717) is 6.04 Å². The van der Waals surface area contributed by atoms with Crippen molar-refractivity contribution in [1.82, 2.24) is 5.32 Å². The number of aryl methyl sites for hydroxylation is 2. The van der Waals surface area contributed by atoms with E-state index in [1.54, 1.807) is 16.7 Å². The summed E-state index contributed by atoms with van der Waals surface area (Å²) < 4.78 is 0. The molecule has 0 bridgehead atoms. The molecule has 1 aromatic carbocycles. The first-order valence-electron chi connectivity index (χ1n) is 5.61. The molecule has 1 heteroatoms. The summed E-state index contributed by atoms with van der Waals surface area (Å²) in [6, 6.07) is 5.26. The molecule has 3 rings (SSSR count). The minimum Gasteiger partial charge on any atom is -0.313 e. The average Bonchev–Trinajstić information content (AvgIpc) is 2.73. The molecule has 0 spiro atoms. The molecule has 2 aliphatic rings. The molecule has 1 aromatic rings. The molecule has 0 amide bonds. The van der Waals surface area contributed by atoms with Crippen molar-refractivity contribution < 1.29 is 0 Å². The van der Waals surface area contributed by atoms with Crippen LogP contribution in [0.2, 0.25) is 0 Å². The molecule has 0 saturated heterocycles. The van der Waals surface area contributed by atoms with E-state index in [1.807, 2.05) is 0 Å². The number of hydrogen-bond acceptors (Lipinski definition) is 1. The average molecular weight is 187 g/mol. The fourth-order valence-corrected chi connectivity index (χ4v) is 3.33. The highest BCUT2D eigenvalue weighted by Crippen LogP contribution is 2.49. The summed E-state index contributed by atoms with van der Waals surface area (Å²) in [7, 11) is 2.09. The van der Waals surface area contributed by atoms with E-state index in [0.717, 1.165) is 5.92 Å². The molecule has 2 aliphatic carbocycles. The Kier molecular flexibility index (Phi) is 1.72. The van der Waals surface area contributed by atoms with Crippen molar-refractivity contribution in [2.75, 3.05) is 7.05 Å². The highest BCUT2D eigenvalue weighted by atomic mass is 14.9. The maximum atomic E-state index is 3.45. The predicted molar refractivity (Wildman–Crippen MR) is 58.7 cm³/mol. The van der Waals surface area contributed by atoms with Gasteiger partial charge in [0.05, 0.1) is 0 Å². The Hall–Kier alpha value is -0.820. The third-order valence-electron chi connectivity index (χ3n) is 3.98. The van der Waals surface area contributed by atoms with Gasteiger partial charge in [0.25, 0.3) is 0 Å². The summed E-state index contributed by atoms with van der Waals surface area (Å²) in [6.45, 7) is 2.25. The van der Waals surface area contributed by atoms with Gasteiger partial charge >= 0.3 is 0 Å². The Labute approximate surface area is 85.5 Å². The lowest BCUT2D eigenvalue weighted by atomic mass is 9.98. The van der Waals surface area contributed by atoms with E-state index in [2.05, 4.69) is 31.4 Å². The first-order valence-corrected chi connectivity index (χ1v) is 5.61. The summed E-state index contributed by atoms with van der Waals surface area (Å²) in [4.78, 5) is 0. The van der Waals surface area contributed by atoms with E-state index < -0.39 is 0 Å². The highest BCUT2D eigenvalue weighted by Gasteiger charge is 2.36. The Balaban J connectivity index is 2.23. The minimum absolute atomic E-state index is 0.621. The van der Waals surface area contributed by atoms with Crippen molar-refractivity contribution in [3.05, 3.63) is 34.4 Å². The fraction of sp³-hybridized carbons (Fsp3) is 0.538. The third-order valence-corrected chi connectivity index (χ3v) is 3.98. The zero-order valence-electron chi connectivity index (χ0n) is 8.93. The zero-order chi connectivity index (χ0) is 9.71. The highest BCUT2D eigenvalue weighted by molar-refractivity contribution is 5.50. The number of nitrogens with one attached hydrogen (secondary N) is 1. The van der Waals surface area contributed by atoms with Crippen LogP contribution in [0.3, 0.4) is 0 Å². The quantitative estimate of drug-likeness (QED) is 0.712. The van der Waals surface area contributed by atoms with Gasteiger partial charge in [-0.15, -0.1) is 0 Å². The van der Waals surface area contributed by atoms with Gasteiger partial charge in [0.15, 0.2) is 0 Å². The van der Waals surface area contributed by atoms with Crippen LogP contribution in [0.15, 0.2) is 12.1 Å². The zero-order valence-corrected chi connectivity index (χ0v) is 8.93. The summed E-state index contributed by atoms with van der Waals surface area (Å²) in [5, 5.41) is 3.45. The maximum absolute atomic E-state index is 3.45. The van der Waals surface area contributed by atoms with Gasteiger partial charge < -0.3 is 5.32 Å². The van der Waals surface area contributed by atoms with Crippen molar-refractivity contribution >= 4 is 0 Å². The first-order chi connectivity index (χ1) is 6.81. The molecule has 2 unspecified atom stereocenters. The molecule has 0 saturated carbocycles. The van der Waals surface area contributed by atoms with Gasteiger partial charge in [-0.3, -0.25) is 0 Å². The van der Waals surface area contributed by atoms with E-state index in [1.165, 1.54) is 24.8 Å². The summed E-state index contributed by atoms with van der Waals surface area (Å²) in [5.74, 6) is 0.859. The Bertz CT molecular complexity index is 381. The Morgan fingerprint density at radius 1 is 1.29 bits per heavy atom. The molecule has 1 nitrogen and oxygen atoms in total. The van der Waals surface area contributed by atoms with Crippen LogP contribution >= 0.6 is 0 Å². The van der Waals surface area contributed by atoms with Crippen LogP contribution in [-0.2, 0) is 6.42 Å². The Morgan fingerprint density at radius 3 is 2.93 bits per heavy atom. The SMILES string of the molecule is CNC1CC2CCc3ccc(C)c1c32. The summed E-state index contributed by atoms with van der Waals surface area (Å²) in [6.07, 6.45) is 4.01. The van der Waals surface area contributed by atoms with Crippen molar-refractivity contribution in [2.45, 2.75) is 38.1 Å². The molecular formula is C13H17N. The van der Waals surface area contributed by atoms with E-state index >= 15 is 0 Å². The fourth-order valence-electron chi connectivity index (χ4n) is 3.33. The lowest BCUT2D eigenvalue weighted by Gasteiger charge is -2.14. The molecular weight excluding hydrogens is 170 g/mol. The largest absolute Gasteiger partial charge is 0.313 e. The normalized spacial score (nSPS) is 28.1. The molecule has 74 valence electrons. The maximum Gasteiger partial charge on any atom is 0.0328 e. The van der Waals surface area contributed by atoms with Gasteiger partial charge in [-0.05, 0) is 61.4 Å². The third kappa shape index (κ3) is 0.936. The van der Waals surface area contributed by atoms with Crippen molar-refractivity contribution in [3.63, 3.8) is 0 Å². The monoisotopic (exact) mass is 187 g/mol. The topological polar surface area (TPSA) is 12.0 Å². The first kappa shape index (κ1) is 8.49. The smallest absolute Gasteiger partial charge is 0.0328 e. The van der Waals surface area contributed by atoms with Crippen LogP contribution in [0, 0.1) is 6.92 Å². The summed E-state index contributed by atoms with van der Waals surface area (Å²) in [5.41, 5.74) is 6.41. The van der Waals surface area contributed by atoms with Gasteiger partial charge in [0.1, 0.15) is 0 Å². The molecule has 14 heavy (non-hydrogen) atoms. The van der Waals surface area contributed by atoms with Gasteiger partial charge in [-0.1, -0.05) is 12.1 Å². The van der Waals surface area contributed by atoms with Gasteiger partial charge in [-0.25, -0.2) is 0 Å². The van der Waals surface area contributed by atoms with Gasteiger partial charge in [0, 0.05) is 6.04 Å².